The first-order chi connectivity index (χ1) is 32.0. The molecule has 1 aliphatic rings. The van der Waals surface area contributed by atoms with Crippen molar-refractivity contribution in [2.75, 3.05) is 0 Å². The fourth-order valence-electron chi connectivity index (χ4n) is 10.5. The summed E-state index contributed by atoms with van der Waals surface area (Å²) in [6, 6.07) is 76.0. The number of fused-ring (bicyclic) bond motifs is 10. The van der Waals surface area contributed by atoms with Crippen LogP contribution in [0.5, 0.6) is 0 Å². The van der Waals surface area contributed by atoms with Gasteiger partial charge in [0, 0.05) is 49.2 Å². The molecule has 5 heteroatoms. The minimum Gasteiger partial charge on any atom is -0.309 e. The molecule has 0 N–H and O–H groups in total. The second-order valence-corrected chi connectivity index (χ2v) is 17.6. The van der Waals surface area contributed by atoms with E-state index in [4.69, 9.17) is 15.0 Å². The Morgan fingerprint density at radius 3 is 1.62 bits per heavy atom. The zero-order valence-corrected chi connectivity index (χ0v) is 35.9. The van der Waals surface area contributed by atoms with Crippen molar-refractivity contribution in [3.8, 4) is 67.8 Å². The van der Waals surface area contributed by atoms with Gasteiger partial charge in [-0.1, -0.05) is 190 Å². The Kier molecular flexibility index (Phi) is 8.18. The predicted molar refractivity (Wildman–Crippen MR) is 268 cm³/mol. The van der Waals surface area contributed by atoms with Gasteiger partial charge in [-0.2, -0.15) is 9.97 Å². The van der Waals surface area contributed by atoms with Crippen molar-refractivity contribution in [3.63, 3.8) is 0 Å². The third kappa shape index (κ3) is 5.68. The predicted octanol–water partition coefficient (Wildman–Crippen LogP) is 15.0. The van der Waals surface area contributed by atoms with Gasteiger partial charge in [0.15, 0.2) is 11.6 Å². The zero-order chi connectivity index (χ0) is 43.2. The zero-order valence-electron chi connectivity index (χ0n) is 35.9. The molecular weight excluding hydrogens is 791 g/mol. The average molecular weight is 832 g/mol. The normalized spacial score (nSPS) is 12.9. The van der Waals surface area contributed by atoms with Crippen LogP contribution < -0.4 is 0 Å². The highest BCUT2D eigenvalue weighted by Gasteiger charge is 2.38. The van der Waals surface area contributed by atoms with E-state index in [9.17, 15) is 0 Å². The first kappa shape index (κ1) is 37.2. The Morgan fingerprint density at radius 2 is 0.908 bits per heavy atom. The molecule has 0 atom stereocenters. The smallest absolute Gasteiger partial charge is 0.238 e. The minimum absolute atomic E-state index is 0.169. The summed E-state index contributed by atoms with van der Waals surface area (Å²) in [5, 5.41) is 4.79. The van der Waals surface area contributed by atoms with Gasteiger partial charge in [0.2, 0.25) is 5.95 Å². The monoisotopic (exact) mass is 831 g/mol. The van der Waals surface area contributed by atoms with Crippen molar-refractivity contribution in [1.29, 1.82) is 0 Å². The maximum absolute atomic E-state index is 5.48. The van der Waals surface area contributed by atoms with Crippen LogP contribution in [0.4, 0.5) is 0 Å². The highest BCUT2D eigenvalue weighted by Crippen LogP contribution is 2.53. The molecule has 0 unspecified atom stereocenters. The fourth-order valence-corrected chi connectivity index (χ4v) is 10.5. The van der Waals surface area contributed by atoms with E-state index in [1.807, 2.05) is 18.2 Å². The van der Waals surface area contributed by atoms with Crippen LogP contribution in [0.3, 0.4) is 0 Å². The molecule has 0 aliphatic heterocycles. The summed E-state index contributed by atoms with van der Waals surface area (Å²) in [4.78, 5) is 16.1. The molecule has 5 nitrogen and oxygen atoms in total. The minimum atomic E-state index is -0.169. The molecular formula is C60H41N5. The van der Waals surface area contributed by atoms with Crippen LogP contribution in [0, 0.1) is 0 Å². The standard InChI is InChI=1S/C60H41N5/c1-60(2)49-28-13-9-27-47(49)55-50(60)34-33-46-45-26-12-16-31-53(45)65(56(46)55)59-62-57(39-20-7-4-8-21-39)61-58(63-59)42-23-17-22-41(36-42)48-37-40(38-18-5-3-6-19-38)32-35-54(48)64-51-29-14-10-24-43(51)44-25-11-15-30-52(44)64/h3-37H,1-2H3. The summed E-state index contributed by atoms with van der Waals surface area (Å²) in [7, 11) is 0. The summed E-state index contributed by atoms with van der Waals surface area (Å²) < 4.78 is 4.70. The molecule has 12 aromatic rings. The van der Waals surface area contributed by atoms with Crippen LogP contribution in [0.25, 0.3) is 111 Å². The lowest BCUT2D eigenvalue weighted by atomic mass is 9.82. The maximum Gasteiger partial charge on any atom is 0.238 e. The lowest BCUT2D eigenvalue weighted by molar-refractivity contribution is 0.660. The molecule has 0 radical (unpaired) electrons. The second kappa shape index (κ2) is 14.3. The molecule has 13 rings (SSSR count). The van der Waals surface area contributed by atoms with Gasteiger partial charge in [-0.3, -0.25) is 4.57 Å². The van der Waals surface area contributed by atoms with Crippen LogP contribution in [0.1, 0.15) is 25.0 Å². The fraction of sp³-hybridized carbons (Fsp3) is 0.0500. The van der Waals surface area contributed by atoms with Gasteiger partial charge in [0.05, 0.1) is 27.8 Å². The van der Waals surface area contributed by atoms with Gasteiger partial charge < -0.3 is 4.57 Å². The average Bonchev–Trinajstić information content (AvgIpc) is 3.97. The second-order valence-electron chi connectivity index (χ2n) is 17.6. The Bertz CT molecular complexity index is 3800. The van der Waals surface area contributed by atoms with Crippen molar-refractivity contribution in [2.24, 2.45) is 0 Å². The number of hydrogen-bond donors (Lipinski definition) is 0. The van der Waals surface area contributed by atoms with Crippen LogP contribution in [-0.2, 0) is 5.41 Å². The van der Waals surface area contributed by atoms with E-state index in [1.165, 1.54) is 38.4 Å². The molecule has 3 heterocycles. The summed E-state index contributed by atoms with van der Waals surface area (Å²) >= 11 is 0. The topological polar surface area (TPSA) is 48.5 Å². The van der Waals surface area contributed by atoms with Gasteiger partial charge >= 0.3 is 0 Å². The van der Waals surface area contributed by atoms with E-state index in [1.54, 1.807) is 0 Å². The number of benzene rings is 9. The van der Waals surface area contributed by atoms with Gasteiger partial charge in [-0.05, 0) is 69.8 Å². The molecule has 9 aromatic carbocycles. The molecule has 3 aromatic heterocycles. The summed E-state index contributed by atoms with van der Waals surface area (Å²) in [6.45, 7) is 4.67. The first-order valence-electron chi connectivity index (χ1n) is 22.3. The third-order valence-corrected chi connectivity index (χ3v) is 13.6. The molecule has 0 spiro atoms. The lowest BCUT2D eigenvalue weighted by Gasteiger charge is -2.21. The van der Waals surface area contributed by atoms with E-state index in [-0.39, 0.29) is 5.41 Å². The molecule has 0 amide bonds. The van der Waals surface area contributed by atoms with Gasteiger partial charge in [0.25, 0.3) is 0 Å². The van der Waals surface area contributed by atoms with E-state index < -0.39 is 0 Å². The lowest BCUT2D eigenvalue weighted by Crippen LogP contribution is -2.14. The molecule has 0 bridgehead atoms. The highest BCUT2D eigenvalue weighted by molar-refractivity contribution is 6.15. The Balaban J connectivity index is 1.06. The summed E-state index contributed by atoms with van der Waals surface area (Å²) in [5.41, 5.74) is 16.9. The SMILES string of the molecule is CC1(C)c2ccccc2-c2c1ccc1c3ccccc3n(-c3nc(-c4ccccc4)nc(-c4cccc(-c5cc(-c6ccccc6)ccc5-n5c6ccccc6c6ccccc65)c4)n3)c21. The van der Waals surface area contributed by atoms with Crippen molar-refractivity contribution >= 4 is 43.6 Å². The first-order valence-corrected chi connectivity index (χ1v) is 22.3. The molecule has 0 saturated carbocycles. The van der Waals surface area contributed by atoms with Crippen LogP contribution in [-0.4, -0.2) is 24.1 Å². The summed E-state index contributed by atoms with van der Waals surface area (Å²) in [6.07, 6.45) is 0. The van der Waals surface area contributed by atoms with Crippen molar-refractivity contribution in [3.05, 3.63) is 223 Å². The Morgan fingerprint density at radius 1 is 0.354 bits per heavy atom. The van der Waals surface area contributed by atoms with Crippen LogP contribution in [0.15, 0.2) is 212 Å². The number of hydrogen-bond acceptors (Lipinski definition) is 3. The number of aromatic nitrogens is 5. The molecule has 0 saturated heterocycles. The number of para-hydroxylation sites is 3. The van der Waals surface area contributed by atoms with Gasteiger partial charge in [-0.15, -0.1) is 0 Å². The van der Waals surface area contributed by atoms with Crippen LogP contribution >= 0.6 is 0 Å². The largest absolute Gasteiger partial charge is 0.309 e. The molecule has 65 heavy (non-hydrogen) atoms. The Hall–Kier alpha value is -8.41. The van der Waals surface area contributed by atoms with Crippen molar-refractivity contribution in [1.82, 2.24) is 24.1 Å². The maximum atomic E-state index is 5.48. The van der Waals surface area contributed by atoms with E-state index in [2.05, 4.69) is 217 Å². The van der Waals surface area contributed by atoms with E-state index in [0.717, 1.165) is 66.5 Å². The molecule has 1 aliphatic carbocycles. The van der Waals surface area contributed by atoms with E-state index in [0.29, 0.717) is 17.6 Å². The van der Waals surface area contributed by atoms with Gasteiger partial charge in [-0.25, -0.2) is 4.98 Å². The Labute approximate surface area is 376 Å². The highest BCUT2D eigenvalue weighted by atomic mass is 15.2. The van der Waals surface area contributed by atoms with Crippen LogP contribution in [0.2, 0.25) is 0 Å². The third-order valence-electron chi connectivity index (χ3n) is 13.6. The number of nitrogens with zero attached hydrogens (tertiary/aromatic N) is 5. The number of rotatable bonds is 6. The van der Waals surface area contributed by atoms with Crippen molar-refractivity contribution < 1.29 is 0 Å². The quantitative estimate of drug-likeness (QED) is 0.168. The summed E-state index contributed by atoms with van der Waals surface area (Å²) in [5.74, 6) is 1.80. The molecule has 306 valence electrons. The van der Waals surface area contributed by atoms with Gasteiger partial charge in [0.1, 0.15) is 0 Å². The molecule has 0 fully saturated rings. The van der Waals surface area contributed by atoms with Crippen molar-refractivity contribution in [2.45, 2.75) is 19.3 Å². The van der Waals surface area contributed by atoms with E-state index >= 15 is 0 Å².